The van der Waals surface area contributed by atoms with Crippen molar-refractivity contribution in [3.8, 4) is 5.75 Å². The highest BCUT2D eigenvalue weighted by Gasteiger charge is 2.17. The van der Waals surface area contributed by atoms with Gasteiger partial charge in [0.1, 0.15) is 5.75 Å². The summed E-state index contributed by atoms with van der Waals surface area (Å²) in [5.41, 5.74) is 0.606. The Kier molecular flexibility index (Phi) is 6.23. The normalized spacial score (nSPS) is 11.5. The summed E-state index contributed by atoms with van der Waals surface area (Å²) < 4.78 is 11.1. The molecule has 0 radical (unpaired) electrons. The van der Waals surface area contributed by atoms with Gasteiger partial charge in [0, 0.05) is 4.47 Å². The largest absolute Gasteiger partial charge is 0.481 e. The molecular weight excluding hydrogens is 398 g/mol. The van der Waals surface area contributed by atoms with Crippen LogP contribution in [0.2, 0.25) is 5.02 Å². The Morgan fingerprint density at radius 3 is 2.46 bits per heavy atom. The van der Waals surface area contributed by atoms with Gasteiger partial charge in [-0.1, -0.05) is 27.5 Å². The first-order valence-electron chi connectivity index (χ1n) is 7.01. The summed E-state index contributed by atoms with van der Waals surface area (Å²) in [7, 11) is 1.28. The lowest BCUT2D eigenvalue weighted by Gasteiger charge is -2.15. The van der Waals surface area contributed by atoms with Crippen LogP contribution < -0.4 is 10.1 Å². The van der Waals surface area contributed by atoms with E-state index in [1.54, 1.807) is 19.1 Å². The molecule has 1 N–H and O–H groups in total. The number of hydrogen-bond donors (Lipinski definition) is 1. The van der Waals surface area contributed by atoms with Crippen LogP contribution in [0.1, 0.15) is 17.3 Å². The highest BCUT2D eigenvalue weighted by Crippen LogP contribution is 2.24. The molecule has 0 aliphatic rings. The van der Waals surface area contributed by atoms with Gasteiger partial charge < -0.3 is 14.8 Å². The first-order chi connectivity index (χ1) is 11.4. The van der Waals surface area contributed by atoms with E-state index < -0.39 is 12.1 Å². The minimum absolute atomic E-state index is 0.290. The molecule has 2 aromatic rings. The number of amides is 1. The number of esters is 1. The standard InChI is InChI=1S/C17H15BrClNO4/c1-10(24-13-6-4-12(18)5-7-13)16(21)20-15-9-11(17(22)23-2)3-8-14(15)19/h3-10H,1-2H3,(H,20,21)/t10-/m1/s1. The molecule has 1 amide bonds. The zero-order valence-electron chi connectivity index (χ0n) is 13.0. The molecule has 0 saturated carbocycles. The van der Waals surface area contributed by atoms with E-state index in [1.165, 1.54) is 25.3 Å². The third-order valence-corrected chi connectivity index (χ3v) is 4.00. The Morgan fingerprint density at radius 1 is 1.17 bits per heavy atom. The first-order valence-corrected chi connectivity index (χ1v) is 8.18. The SMILES string of the molecule is COC(=O)c1ccc(Cl)c(NC(=O)[C@@H](C)Oc2ccc(Br)cc2)c1. The lowest BCUT2D eigenvalue weighted by atomic mass is 10.2. The highest BCUT2D eigenvalue weighted by atomic mass is 79.9. The number of rotatable bonds is 5. The van der Waals surface area contributed by atoms with Crippen LogP contribution in [0.4, 0.5) is 5.69 Å². The van der Waals surface area contributed by atoms with Crippen LogP contribution in [0.5, 0.6) is 5.75 Å². The van der Waals surface area contributed by atoms with Crippen molar-refractivity contribution in [2.75, 3.05) is 12.4 Å². The van der Waals surface area contributed by atoms with E-state index in [0.29, 0.717) is 22.0 Å². The Labute approximate surface area is 153 Å². The van der Waals surface area contributed by atoms with Gasteiger partial charge in [-0.3, -0.25) is 4.79 Å². The third kappa shape index (κ3) is 4.72. The summed E-state index contributed by atoms with van der Waals surface area (Å²) in [6.07, 6.45) is -0.746. The molecule has 5 nitrogen and oxygen atoms in total. The molecule has 2 aromatic carbocycles. The number of anilines is 1. The molecule has 0 bridgehead atoms. The van der Waals surface area contributed by atoms with Crippen molar-refractivity contribution in [1.29, 1.82) is 0 Å². The minimum atomic E-state index is -0.746. The van der Waals surface area contributed by atoms with Crippen molar-refractivity contribution in [2.45, 2.75) is 13.0 Å². The van der Waals surface area contributed by atoms with Crippen LogP contribution >= 0.6 is 27.5 Å². The fraction of sp³-hybridized carbons (Fsp3) is 0.176. The van der Waals surface area contributed by atoms with Crippen LogP contribution in [-0.4, -0.2) is 25.1 Å². The van der Waals surface area contributed by atoms with E-state index in [-0.39, 0.29) is 5.91 Å². The van der Waals surface area contributed by atoms with Crippen LogP contribution in [0.15, 0.2) is 46.9 Å². The molecule has 2 rings (SSSR count). The van der Waals surface area contributed by atoms with E-state index in [4.69, 9.17) is 16.3 Å². The molecule has 24 heavy (non-hydrogen) atoms. The molecule has 0 unspecified atom stereocenters. The molecule has 126 valence electrons. The first kappa shape index (κ1) is 18.3. The molecule has 0 saturated heterocycles. The summed E-state index contributed by atoms with van der Waals surface area (Å²) in [5, 5.41) is 2.96. The van der Waals surface area contributed by atoms with Gasteiger partial charge in [0.2, 0.25) is 0 Å². The van der Waals surface area contributed by atoms with Gasteiger partial charge in [0.05, 0.1) is 23.4 Å². The van der Waals surface area contributed by atoms with Crippen molar-refractivity contribution in [3.63, 3.8) is 0 Å². The molecule has 0 aliphatic heterocycles. The molecule has 0 aliphatic carbocycles. The van der Waals surface area contributed by atoms with Crippen LogP contribution in [0.25, 0.3) is 0 Å². The van der Waals surface area contributed by atoms with Crippen molar-refractivity contribution in [1.82, 2.24) is 0 Å². The van der Waals surface area contributed by atoms with E-state index in [0.717, 1.165) is 4.47 Å². The quantitative estimate of drug-likeness (QED) is 0.744. The van der Waals surface area contributed by atoms with Crippen molar-refractivity contribution >= 4 is 45.1 Å². The smallest absolute Gasteiger partial charge is 0.337 e. The molecule has 1 atom stereocenters. The fourth-order valence-electron chi connectivity index (χ4n) is 1.87. The second-order valence-electron chi connectivity index (χ2n) is 4.89. The van der Waals surface area contributed by atoms with E-state index in [2.05, 4.69) is 26.0 Å². The molecule has 0 heterocycles. The average molecular weight is 413 g/mol. The van der Waals surface area contributed by atoms with Crippen molar-refractivity contribution in [2.24, 2.45) is 0 Å². The third-order valence-electron chi connectivity index (χ3n) is 3.14. The number of halogens is 2. The summed E-state index contributed by atoms with van der Waals surface area (Å²) in [6, 6.07) is 11.6. The van der Waals surface area contributed by atoms with Gasteiger partial charge in [-0.05, 0) is 49.4 Å². The number of nitrogens with one attached hydrogen (secondary N) is 1. The maximum Gasteiger partial charge on any atom is 0.337 e. The van der Waals surface area contributed by atoms with Crippen LogP contribution in [-0.2, 0) is 9.53 Å². The monoisotopic (exact) mass is 411 g/mol. The van der Waals surface area contributed by atoms with E-state index >= 15 is 0 Å². The molecule has 0 spiro atoms. The average Bonchev–Trinajstić information content (AvgIpc) is 2.58. The van der Waals surface area contributed by atoms with Gasteiger partial charge in [-0.25, -0.2) is 4.79 Å². The van der Waals surface area contributed by atoms with Gasteiger partial charge in [0.15, 0.2) is 6.10 Å². The second-order valence-corrected chi connectivity index (χ2v) is 6.21. The Hall–Kier alpha value is -2.05. The second kappa shape index (κ2) is 8.17. The van der Waals surface area contributed by atoms with E-state index in [1.807, 2.05) is 12.1 Å². The Balaban J connectivity index is 2.08. The number of benzene rings is 2. The van der Waals surface area contributed by atoms with Gasteiger partial charge >= 0.3 is 5.97 Å². The molecule has 7 heteroatoms. The van der Waals surface area contributed by atoms with Gasteiger partial charge in [-0.2, -0.15) is 0 Å². The fourth-order valence-corrected chi connectivity index (χ4v) is 2.30. The maximum atomic E-state index is 12.3. The number of carbonyl (C=O) groups excluding carboxylic acids is 2. The molecular formula is C17H15BrClNO4. The predicted molar refractivity (Wildman–Crippen MR) is 95.7 cm³/mol. The predicted octanol–water partition coefficient (Wildman–Crippen LogP) is 4.30. The maximum absolute atomic E-state index is 12.3. The summed E-state index contributed by atoms with van der Waals surface area (Å²) >= 11 is 9.39. The van der Waals surface area contributed by atoms with Gasteiger partial charge in [0.25, 0.3) is 5.91 Å². The summed E-state index contributed by atoms with van der Waals surface area (Å²) in [4.78, 5) is 23.8. The topological polar surface area (TPSA) is 64.6 Å². The zero-order valence-corrected chi connectivity index (χ0v) is 15.3. The lowest BCUT2D eigenvalue weighted by Crippen LogP contribution is -2.30. The minimum Gasteiger partial charge on any atom is -0.481 e. The zero-order chi connectivity index (χ0) is 17.7. The molecule has 0 fully saturated rings. The summed E-state index contributed by atoms with van der Waals surface area (Å²) in [5.74, 6) is -0.335. The van der Waals surface area contributed by atoms with Crippen LogP contribution in [0.3, 0.4) is 0 Å². The Morgan fingerprint density at radius 2 is 1.83 bits per heavy atom. The summed E-state index contributed by atoms with van der Waals surface area (Å²) in [6.45, 7) is 1.62. The molecule has 0 aromatic heterocycles. The van der Waals surface area contributed by atoms with Gasteiger partial charge in [-0.15, -0.1) is 0 Å². The Bertz CT molecular complexity index is 749. The van der Waals surface area contributed by atoms with Crippen LogP contribution in [0, 0.1) is 0 Å². The number of hydrogen-bond acceptors (Lipinski definition) is 4. The number of carbonyl (C=O) groups is 2. The van der Waals surface area contributed by atoms with E-state index in [9.17, 15) is 9.59 Å². The number of ether oxygens (including phenoxy) is 2. The van der Waals surface area contributed by atoms with Crippen molar-refractivity contribution in [3.05, 3.63) is 57.5 Å². The lowest BCUT2D eigenvalue weighted by molar-refractivity contribution is -0.122. The number of methoxy groups -OCH3 is 1. The highest BCUT2D eigenvalue weighted by molar-refractivity contribution is 9.10. The van der Waals surface area contributed by atoms with Crippen molar-refractivity contribution < 1.29 is 19.1 Å².